The molecule has 0 aliphatic heterocycles. The summed E-state index contributed by atoms with van der Waals surface area (Å²) in [6, 6.07) is 0. The van der Waals surface area contributed by atoms with E-state index in [0.29, 0.717) is 6.54 Å². The van der Waals surface area contributed by atoms with Crippen LogP contribution in [0.15, 0.2) is 29.4 Å². The van der Waals surface area contributed by atoms with Crippen LogP contribution in [0.5, 0.6) is 0 Å². The van der Waals surface area contributed by atoms with E-state index in [4.69, 9.17) is 5.73 Å². The van der Waals surface area contributed by atoms with Crippen molar-refractivity contribution in [2.24, 2.45) is 10.7 Å². The van der Waals surface area contributed by atoms with Crippen LogP contribution in [0.25, 0.3) is 0 Å². The largest absolute Gasteiger partial charge is 0.384 e. The Hall–Kier alpha value is -1.09. The number of nitrogens with zero attached hydrogens (tertiary/aromatic N) is 1. The van der Waals surface area contributed by atoms with Crippen molar-refractivity contribution >= 4 is 6.21 Å². The fourth-order valence-corrected chi connectivity index (χ4v) is 0.570. The molecule has 0 aromatic carbocycles. The van der Waals surface area contributed by atoms with Crippen molar-refractivity contribution in [3.05, 3.63) is 24.4 Å². The first-order valence-corrected chi connectivity index (χ1v) is 3.54. The van der Waals surface area contributed by atoms with E-state index in [1.54, 1.807) is 19.3 Å². The Kier molecular flexibility index (Phi) is 6.33. The predicted octanol–water partition coefficient (Wildman–Crippen LogP) is 0.305. The van der Waals surface area contributed by atoms with E-state index < -0.39 is 0 Å². The molecule has 0 aromatic rings. The van der Waals surface area contributed by atoms with Crippen LogP contribution in [0.4, 0.5) is 0 Å². The Labute approximate surface area is 67.7 Å². The van der Waals surface area contributed by atoms with Gasteiger partial charge in [-0.3, -0.25) is 4.99 Å². The van der Waals surface area contributed by atoms with Crippen molar-refractivity contribution < 1.29 is 0 Å². The van der Waals surface area contributed by atoms with E-state index in [2.05, 4.69) is 16.9 Å². The molecule has 0 heterocycles. The fraction of sp³-hybridized carbons (Fsp3) is 0.375. The van der Waals surface area contributed by atoms with Gasteiger partial charge in [0.05, 0.1) is 0 Å². The van der Waals surface area contributed by atoms with Crippen molar-refractivity contribution in [2.75, 3.05) is 20.1 Å². The van der Waals surface area contributed by atoms with Crippen LogP contribution < -0.4 is 11.1 Å². The Morgan fingerprint density at radius 2 is 2.45 bits per heavy atom. The molecule has 62 valence electrons. The first-order chi connectivity index (χ1) is 5.35. The minimum Gasteiger partial charge on any atom is -0.384 e. The highest BCUT2D eigenvalue weighted by Gasteiger charge is 1.84. The molecule has 11 heavy (non-hydrogen) atoms. The van der Waals surface area contributed by atoms with Crippen molar-refractivity contribution in [2.45, 2.75) is 0 Å². The average molecular weight is 153 g/mol. The van der Waals surface area contributed by atoms with Crippen LogP contribution in [0.2, 0.25) is 0 Å². The monoisotopic (exact) mass is 153 g/mol. The lowest BCUT2D eigenvalue weighted by molar-refractivity contribution is 0.816. The molecular weight excluding hydrogens is 138 g/mol. The molecular formula is C8H15N3. The highest BCUT2D eigenvalue weighted by atomic mass is 14.9. The maximum absolute atomic E-state index is 5.30. The molecule has 0 saturated carbocycles. The van der Waals surface area contributed by atoms with Gasteiger partial charge in [-0.2, -0.15) is 0 Å². The van der Waals surface area contributed by atoms with Gasteiger partial charge in [0.25, 0.3) is 0 Å². The summed E-state index contributed by atoms with van der Waals surface area (Å²) in [5.74, 6) is 0. The van der Waals surface area contributed by atoms with Crippen LogP contribution in [0.1, 0.15) is 0 Å². The molecule has 0 spiro atoms. The Balaban J connectivity index is 3.83. The van der Waals surface area contributed by atoms with E-state index in [1.165, 1.54) is 0 Å². The molecule has 0 fully saturated rings. The minimum atomic E-state index is 0.619. The Bertz CT molecular complexity index is 159. The zero-order chi connectivity index (χ0) is 8.53. The van der Waals surface area contributed by atoms with E-state index in [9.17, 15) is 0 Å². The Morgan fingerprint density at radius 3 is 2.91 bits per heavy atom. The summed E-state index contributed by atoms with van der Waals surface area (Å²) in [5.41, 5.74) is 6.25. The first-order valence-electron chi connectivity index (χ1n) is 3.54. The lowest BCUT2D eigenvalue weighted by Crippen LogP contribution is -2.21. The van der Waals surface area contributed by atoms with Gasteiger partial charge in [-0.05, 0) is 12.2 Å². The summed E-state index contributed by atoms with van der Waals surface area (Å²) >= 11 is 0. The third-order valence-corrected chi connectivity index (χ3v) is 1.10. The number of hydrogen-bond donors (Lipinski definition) is 2. The van der Waals surface area contributed by atoms with E-state index >= 15 is 0 Å². The molecule has 0 amide bonds. The first kappa shape index (κ1) is 9.91. The third kappa shape index (κ3) is 5.36. The van der Waals surface area contributed by atoms with Gasteiger partial charge in [-0.1, -0.05) is 6.58 Å². The summed E-state index contributed by atoms with van der Waals surface area (Å²) < 4.78 is 0. The van der Waals surface area contributed by atoms with Crippen LogP contribution in [0, 0.1) is 0 Å². The second kappa shape index (κ2) is 7.02. The van der Waals surface area contributed by atoms with E-state index in [1.807, 2.05) is 6.08 Å². The molecule has 0 rings (SSSR count). The highest BCUT2D eigenvalue weighted by molar-refractivity contribution is 5.72. The summed E-state index contributed by atoms with van der Waals surface area (Å²) in [6.07, 6.45) is 5.29. The van der Waals surface area contributed by atoms with E-state index in [0.717, 1.165) is 12.2 Å². The van der Waals surface area contributed by atoms with Gasteiger partial charge in [-0.15, -0.1) is 0 Å². The third-order valence-electron chi connectivity index (χ3n) is 1.10. The molecule has 3 N–H and O–H groups in total. The minimum absolute atomic E-state index is 0.619. The van der Waals surface area contributed by atoms with Gasteiger partial charge in [-0.25, -0.2) is 0 Å². The van der Waals surface area contributed by atoms with Crippen LogP contribution in [-0.4, -0.2) is 26.4 Å². The van der Waals surface area contributed by atoms with Crippen LogP contribution in [-0.2, 0) is 0 Å². The molecule has 3 nitrogen and oxygen atoms in total. The molecule has 0 saturated heterocycles. The normalized spacial score (nSPS) is 12.0. The van der Waals surface area contributed by atoms with Crippen molar-refractivity contribution in [3.63, 3.8) is 0 Å². The number of nitrogens with two attached hydrogens (primary N) is 1. The molecule has 0 aliphatic rings. The standard InChI is InChI=1S/C8H15N3/c1-3-8(4-6-10-2)11-7-5-9/h3-4,6,11H,1,5,7,9H2,2H3/b8-4+,10-6?. The molecule has 0 aliphatic carbocycles. The lowest BCUT2D eigenvalue weighted by atomic mass is 10.4. The molecule has 0 radical (unpaired) electrons. The number of rotatable bonds is 5. The summed E-state index contributed by atoms with van der Waals surface area (Å²) in [5, 5.41) is 3.08. The van der Waals surface area contributed by atoms with Gasteiger partial charge in [0.1, 0.15) is 0 Å². The van der Waals surface area contributed by atoms with Crippen molar-refractivity contribution in [1.82, 2.24) is 5.32 Å². The van der Waals surface area contributed by atoms with Crippen molar-refractivity contribution in [1.29, 1.82) is 0 Å². The van der Waals surface area contributed by atoms with E-state index in [-0.39, 0.29) is 0 Å². The molecule has 0 bridgehead atoms. The van der Waals surface area contributed by atoms with Crippen LogP contribution >= 0.6 is 0 Å². The highest BCUT2D eigenvalue weighted by Crippen LogP contribution is 1.86. The predicted molar refractivity (Wildman–Crippen MR) is 49.8 cm³/mol. The number of allylic oxidation sites excluding steroid dienone is 2. The molecule has 0 unspecified atom stereocenters. The molecule has 0 aromatic heterocycles. The Morgan fingerprint density at radius 1 is 1.73 bits per heavy atom. The van der Waals surface area contributed by atoms with Crippen molar-refractivity contribution in [3.8, 4) is 0 Å². The second-order valence-electron chi connectivity index (χ2n) is 1.95. The lowest BCUT2D eigenvalue weighted by Gasteiger charge is -2.02. The fourth-order valence-electron chi connectivity index (χ4n) is 0.570. The summed E-state index contributed by atoms with van der Waals surface area (Å²) in [6.45, 7) is 5.01. The van der Waals surface area contributed by atoms with Gasteiger partial charge in [0.2, 0.25) is 0 Å². The quantitative estimate of drug-likeness (QED) is 0.441. The maximum atomic E-state index is 5.30. The number of aliphatic imine (C=N–C) groups is 1. The van der Waals surface area contributed by atoms with Gasteiger partial charge in [0, 0.05) is 32.0 Å². The van der Waals surface area contributed by atoms with Crippen LogP contribution in [0.3, 0.4) is 0 Å². The summed E-state index contributed by atoms with van der Waals surface area (Å²) in [4.78, 5) is 3.81. The number of nitrogens with one attached hydrogen (secondary N) is 1. The van der Waals surface area contributed by atoms with Gasteiger partial charge < -0.3 is 11.1 Å². The van der Waals surface area contributed by atoms with Gasteiger partial charge >= 0.3 is 0 Å². The molecule has 0 atom stereocenters. The topological polar surface area (TPSA) is 50.4 Å². The number of hydrogen-bond acceptors (Lipinski definition) is 3. The summed E-state index contributed by atoms with van der Waals surface area (Å²) in [7, 11) is 1.72. The SMILES string of the molecule is C=C/C(=C\C=NC)NCCN. The second-order valence-corrected chi connectivity index (χ2v) is 1.95. The zero-order valence-corrected chi connectivity index (χ0v) is 6.88. The smallest absolute Gasteiger partial charge is 0.0349 e. The van der Waals surface area contributed by atoms with Gasteiger partial charge in [0.15, 0.2) is 0 Å². The zero-order valence-electron chi connectivity index (χ0n) is 6.88. The average Bonchev–Trinajstić information content (AvgIpc) is 2.05. The molecule has 3 heteroatoms. The maximum Gasteiger partial charge on any atom is 0.0349 e.